The van der Waals surface area contributed by atoms with Crippen LogP contribution in [-0.2, 0) is 10.8 Å². The molecule has 4 nitrogen and oxygen atoms in total. The van der Waals surface area contributed by atoms with Crippen molar-refractivity contribution in [2.45, 2.75) is 62.4 Å². The molecule has 1 aliphatic carbocycles. The van der Waals surface area contributed by atoms with Crippen LogP contribution in [0.15, 0.2) is 34.2 Å². The van der Waals surface area contributed by atoms with Gasteiger partial charge in [-0.15, -0.1) is 0 Å². The number of nitrogens with zero attached hydrogens (tertiary/aromatic N) is 1. The van der Waals surface area contributed by atoms with Gasteiger partial charge < -0.3 is 11.1 Å². The second-order valence-electron chi connectivity index (χ2n) is 6.05. The van der Waals surface area contributed by atoms with Crippen LogP contribution in [0.3, 0.4) is 0 Å². The summed E-state index contributed by atoms with van der Waals surface area (Å²) in [6.07, 6.45) is 9.14. The summed E-state index contributed by atoms with van der Waals surface area (Å²) >= 11 is 0. The van der Waals surface area contributed by atoms with Crippen LogP contribution in [0.1, 0.15) is 57.1 Å². The standard InChI is InChI=1S/C17H27N3OS/c1-13(14-9-11-16(12-10-14)22(2)21)19-17(18)20-15-7-5-3-4-6-8-15/h9-13,15H,3-8H2,1-2H3,(H3,18,19,20). The molecule has 1 aromatic carbocycles. The first-order chi connectivity index (χ1) is 10.6. The van der Waals surface area contributed by atoms with Crippen LogP contribution < -0.4 is 11.1 Å². The highest BCUT2D eigenvalue weighted by molar-refractivity contribution is 7.84. The van der Waals surface area contributed by atoms with E-state index < -0.39 is 10.8 Å². The fourth-order valence-electron chi connectivity index (χ4n) is 2.87. The number of nitrogens with one attached hydrogen (secondary N) is 1. The summed E-state index contributed by atoms with van der Waals surface area (Å²) in [5.74, 6) is 0.530. The molecular weight excluding hydrogens is 294 g/mol. The second-order valence-corrected chi connectivity index (χ2v) is 7.43. The van der Waals surface area contributed by atoms with Gasteiger partial charge in [0.1, 0.15) is 0 Å². The Kier molecular flexibility index (Phi) is 6.43. The minimum atomic E-state index is -0.937. The number of nitrogens with two attached hydrogens (primary N) is 1. The molecule has 2 rings (SSSR count). The van der Waals surface area contributed by atoms with Crippen molar-refractivity contribution in [1.29, 1.82) is 0 Å². The van der Waals surface area contributed by atoms with Crippen LogP contribution in [0, 0.1) is 0 Å². The van der Waals surface area contributed by atoms with E-state index in [1.54, 1.807) is 6.26 Å². The van der Waals surface area contributed by atoms with Crippen LogP contribution in [0.4, 0.5) is 0 Å². The van der Waals surface area contributed by atoms with Crippen molar-refractivity contribution in [3.8, 4) is 0 Å². The molecule has 5 heteroatoms. The number of hydrogen-bond donors (Lipinski definition) is 2. The van der Waals surface area contributed by atoms with Gasteiger partial charge in [0.05, 0.1) is 12.1 Å². The molecule has 1 aliphatic rings. The van der Waals surface area contributed by atoms with Gasteiger partial charge in [0.2, 0.25) is 0 Å². The first-order valence-corrected chi connectivity index (χ1v) is 9.65. The normalized spacial score (nSPS) is 20.2. The zero-order valence-corrected chi connectivity index (χ0v) is 14.4. The lowest BCUT2D eigenvalue weighted by Gasteiger charge is -2.17. The number of benzene rings is 1. The Bertz CT molecular complexity index is 519. The summed E-state index contributed by atoms with van der Waals surface area (Å²) in [5.41, 5.74) is 7.18. The molecule has 0 saturated heterocycles. The van der Waals surface area contributed by atoms with Crippen LogP contribution >= 0.6 is 0 Å². The molecule has 0 radical (unpaired) electrons. The third-order valence-electron chi connectivity index (χ3n) is 4.22. The van der Waals surface area contributed by atoms with Crippen molar-refractivity contribution >= 4 is 16.8 Å². The SMILES string of the molecule is CC(NC(N)=NC1CCCCCC1)c1ccc(S(C)=O)cc1. The first-order valence-electron chi connectivity index (χ1n) is 8.09. The largest absolute Gasteiger partial charge is 0.370 e. The molecule has 0 bridgehead atoms. The summed E-state index contributed by atoms with van der Waals surface area (Å²) in [7, 11) is -0.937. The van der Waals surface area contributed by atoms with Crippen molar-refractivity contribution in [3.05, 3.63) is 29.8 Å². The van der Waals surface area contributed by atoms with E-state index in [0.717, 1.165) is 23.3 Å². The van der Waals surface area contributed by atoms with Crippen molar-refractivity contribution in [3.63, 3.8) is 0 Å². The van der Waals surface area contributed by atoms with E-state index in [4.69, 9.17) is 5.73 Å². The smallest absolute Gasteiger partial charge is 0.189 e. The summed E-state index contributed by atoms with van der Waals surface area (Å²) in [6.45, 7) is 2.06. The molecule has 0 aliphatic heterocycles. The number of hydrogen-bond acceptors (Lipinski definition) is 2. The molecule has 0 spiro atoms. The second kappa shape index (κ2) is 8.32. The van der Waals surface area contributed by atoms with Gasteiger partial charge >= 0.3 is 0 Å². The summed E-state index contributed by atoms with van der Waals surface area (Å²) < 4.78 is 11.4. The van der Waals surface area contributed by atoms with Crippen molar-refractivity contribution in [2.75, 3.05) is 6.26 Å². The maximum absolute atomic E-state index is 11.4. The molecule has 3 N–H and O–H groups in total. The highest BCUT2D eigenvalue weighted by atomic mass is 32.2. The molecular formula is C17H27N3OS. The number of aliphatic imine (C=N–C) groups is 1. The Balaban J connectivity index is 1.94. The third kappa shape index (κ3) is 5.13. The summed E-state index contributed by atoms with van der Waals surface area (Å²) in [4.78, 5) is 5.49. The Morgan fingerprint density at radius 1 is 1.23 bits per heavy atom. The molecule has 22 heavy (non-hydrogen) atoms. The fraction of sp³-hybridized carbons (Fsp3) is 0.588. The predicted octanol–water partition coefficient (Wildman–Crippen LogP) is 3.11. The first kappa shape index (κ1) is 17.0. The number of guanidine groups is 1. The molecule has 1 fully saturated rings. The van der Waals surface area contributed by atoms with Crippen molar-refractivity contribution in [1.82, 2.24) is 5.32 Å². The van der Waals surface area contributed by atoms with Gasteiger partial charge in [0.15, 0.2) is 5.96 Å². The molecule has 1 aromatic rings. The third-order valence-corrected chi connectivity index (χ3v) is 5.16. The molecule has 0 aromatic heterocycles. The van der Waals surface area contributed by atoms with E-state index in [9.17, 15) is 4.21 Å². The lowest BCUT2D eigenvalue weighted by molar-refractivity contribution is 0.578. The van der Waals surface area contributed by atoms with Gasteiger partial charge in [-0.2, -0.15) is 0 Å². The average Bonchev–Trinajstić information content (AvgIpc) is 2.75. The maximum Gasteiger partial charge on any atom is 0.189 e. The van der Waals surface area contributed by atoms with Gasteiger partial charge in [-0.05, 0) is 37.5 Å². The van der Waals surface area contributed by atoms with Crippen LogP contribution in [0.25, 0.3) is 0 Å². The average molecular weight is 321 g/mol. The minimum Gasteiger partial charge on any atom is -0.370 e. The monoisotopic (exact) mass is 321 g/mol. The Hall–Kier alpha value is -1.36. The van der Waals surface area contributed by atoms with Gasteiger partial charge in [-0.3, -0.25) is 9.20 Å². The van der Waals surface area contributed by atoms with E-state index >= 15 is 0 Å². The van der Waals surface area contributed by atoms with E-state index in [2.05, 4.69) is 17.2 Å². The Morgan fingerprint density at radius 3 is 2.36 bits per heavy atom. The zero-order chi connectivity index (χ0) is 15.9. The Morgan fingerprint density at radius 2 is 1.82 bits per heavy atom. The van der Waals surface area contributed by atoms with Crippen molar-refractivity contribution in [2.24, 2.45) is 10.7 Å². The molecule has 2 unspecified atom stereocenters. The summed E-state index contributed by atoms with van der Waals surface area (Å²) in [5, 5.41) is 3.26. The minimum absolute atomic E-state index is 0.0915. The van der Waals surface area contributed by atoms with Gasteiger partial charge in [-0.1, -0.05) is 37.8 Å². The van der Waals surface area contributed by atoms with Gasteiger partial charge in [0.25, 0.3) is 0 Å². The molecule has 0 amide bonds. The Labute approximate surface area is 136 Å². The van der Waals surface area contributed by atoms with E-state index in [1.165, 1.54) is 25.7 Å². The topological polar surface area (TPSA) is 67.5 Å². The summed E-state index contributed by atoms with van der Waals surface area (Å²) in [6, 6.07) is 8.26. The van der Waals surface area contributed by atoms with Crippen LogP contribution in [0.2, 0.25) is 0 Å². The lowest BCUT2D eigenvalue weighted by atomic mass is 10.1. The van der Waals surface area contributed by atoms with Crippen LogP contribution in [-0.4, -0.2) is 22.5 Å². The predicted molar refractivity (Wildman–Crippen MR) is 93.4 cm³/mol. The molecule has 1 saturated carbocycles. The highest BCUT2D eigenvalue weighted by Crippen LogP contribution is 2.20. The van der Waals surface area contributed by atoms with Crippen LogP contribution in [0.5, 0.6) is 0 Å². The van der Waals surface area contributed by atoms with Gasteiger partial charge in [-0.25, -0.2) is 0 Å². The van der Waals surface area contributed by atoms with Crippen molar-refractivity contribution < 1.29 is 4.21 Å². The zero-order valence-electron chi connectivity index (χ0n) is 13.5. The van der Waals surface area contributed by atoms with E-state index in [1.807, 2.05) is 24.3 Å². The molecule has 0 heterocycles. The molecule has 2 atom stereocenters. The van der Waals surface area contributed by atoms with E-state index in [0.29, 0.717) is 12.0 Å². The number of rotatable bonds is 4. The quantitative estimate of drug-likeness (QED) is 0.509. The highest BCUT2D eigenvalue weighted by Gasteiger charge is 2.12. The van der Waals surface area contributed by atoms with Gasteiger partial charge in [0, 0.05) is 22.0 Å². The lowest BCUT2D eigenvalue weighted by Crippen LogP contribution is -2.35. The maximum atomic E-state index is 11.4. The fourth-order valence-corrected chi connectivity index (χ4v) is 3.39. The molecule has 122 valence electrons. The van der Waals surface area contributed by atoms with E-state index in [-0.39, 0.29) is 6.04 Å².